The molecule has 1 fully saturated rings. The molecule has 5 nitrogen and oxygen atoms in total. The molecule has 2 atom stereocenters. The van der Waals surface area contributed by atoms with Gasteiger partial charge in [-0.25, -0.2) is 0 Å². The Morgan fingerprint density at radius 2 is 1.77 bits per heavy atom. The molecule has 0 spiro atoms. The lowest BCUT2D eigenvalue weighted by atomic mass is 10.1. The number of aromatic nitrogens is 3. The maximum Gasteiger partial charge on any atom is 0.196 e. The van der Waals surface area contributed by atoms with Crippen LogP contribution in [-0.4, -0.2) is 32.2 Å². The summed E-state index contributed by atoms with van der Waals surface area (Å²) in [6.45, 7) is 6.24. The molecule has 1 aliphatic rings. The van der Waals surface area contributed by atoms with Crippen molar-refractivity contribution >= 4 is 11.8 Å². The van der Waals surface area contributed by atoms with Gasteiger partial charge in [0.25, 0.3) is 0 Å². The molecule has 0 radical (unpaired) electrons. The van der Waals surface area contributed by atoms with Crippen LogP contribution in [0.1, 0.15) is 32.4 Å². The molecule has 1 aliphatic heterocycles. The van der Waals surface area contributed by atoms with Crippen molar-refractivity contribution in [3.63, 3.8) is 0 Å². The smallest absolute Gasteiger partial charge is 0.196 e. The van der Waals surface area contributed by atoms with Crippen molar-refractivity contribution in [1.82, 2.24) is 14.8 Å². The summed E-state index contributed by atoms with van der Waals surface area (Å²) in [5.41, 5.74) is 2.03. The minimum absolute atomic E-state index is 0.278. The highest BCUT2D eigenvalue weighted by molar-refractivity contribution is 7.99. The lowest BCUT2D eigenvalue weighted by Crippen LogP contribution is -2.30. The van der Waals surface area contributed by atoms with E-state index in [2.05, 4.69) is 40.7 Å². The van der Waals surface area contributed by atoms with Gasteiger partial charge in [0.2, 0.25) is 0 Å². The van der Waals surface area contributed by atoms with E-state index >= 15 is 0 Å². The monoisotopic (exact) mass is 369 g/mol. The fraction of sp³-hybridized carbons (Fsp3) is 0.400. The Morgan fingerprint density at radius 3 is 2.42 bits per heavy atom. The van der Waals surface area contributed by atoms with E-state index in [1.165, 1.54) is 0 Å². The Kier molecular flexibility index (Phi) is 4.87. The van der Waals surface area contributed by atoms with Crippen LogP contribution in [0.25, 0.3) is 17.1 Å². The first kappa shape index (κ1) is 17.4. The number of furan rings is 1. The maximum absolute atomic E-state index is 5.88. The molecule has 0 bridgehead atoms. The second kappa shape index (κ2) is 7.29. The second-order valence-corrected chi connectivity index (χ2v) is 8.10. The van der Waals surface area contributed by atoms with Crippen molar-refractivity contribution in [2.45, 2.75) is 56.2 Å². The van der Waals surface area contributed by atoms with E-state index in [0.29, 0.717) is 5.25 Å². The lowest BCUT2D eigenvalue weighted by molar-refractivity contribution is -0.0265. The number of thioether (sulfide) groups is 1. The Labute approximate surface area is 157 Å². The average molecular weight is 369 g/mol. The number of para-hydroxylation sites is 1. The molecule has 0 amide bonds. The summed E-state index contributed by atoms with van der Waals surface area (Å²) < 4.78 is 13.5. The number of ether oxygens (including phenoxy) is 1. The molecule has 1 saturated heterocycles. The average Bonchev–Trinajstić information content (AvgIpc) is 3.20. The van der Waals surface area contributed by atoms with Gasteiger partial charge in [-0.3, -0.25) is 4.57 Å². The third-order valence-corrected chi connectivity index (χ3v) is 5.87. The van der Waals surface area contributed by atoms with Gasteiger partial charge in [-0.15, -0.1) is 10.2 Å². The van der Waals surface area contributed by atoms with Crippen molar-refractivity contribution in [1.29, 1.82) is 0 Å². The molecule has 1 aromatic carbocycles. The number of nitrogens with zero attached hydrogens (tertiary/aromatic N) is 3. The Morgan fingerprint density at radius 1 is 1.04 bits per heavy atom. The number of aryl methyl sites for hydroxylation is 1. The van der Waals surface area contributed by atoms with Crippen LogP contribution in [0.15, 0.2) is 52.2 Å². The highest BCUT2D eigenvalue weighted by Gasteiger charge is 2.28. The molecule has 0 N–H and O–H groups in total. The van der Waals surface area contributed by atoms with Crippen molar-refractivity contribution in [2.75, 3.05) is 0 Å². The molecule has 0 aliphatic carbocycles. The first-order valence-corrected chi connectivity index (χ1v) is 9.87. The van der Waals surface area contributed by atoms with Crippen LogP contribution in [-0.2, 0) is 4.74 Å². The van der Waals surface area contributed by atoms with Crippen LogP contribution in [0.5, 0.6) is 0 Å². The van der Waals surface area contributed by atoms with Crippen molar-refractivity contribution in [3.8, 4) is 17.1 Å². The van der Waals surface area contributed by atoms with E-state index < -0.39 is 0 Å². The molecule has 136 valence electrons. The normalized spacial score (nSPS) is 23.3. The zero-order chi connectivity index (χ0) is 18.1. The Hall–Kier alpha value is -2.05. The van der Waals surface area contributed by atoms with Gasteiger partial charge in [-0.05, 0) is 51.8 Å². The predicted molar refractivity (Wildman–Crippen MR) is 103 cm³/mol. The van der Waals surface area contributed by atoms with Crippen LogP contribution >= 0.6 is 11.8 Å². The summed E-state index contributed by atoms with van der Waals surface area (Å²) in [6, 6.07) is 12.2. The largest absolute Gasteiger partial charge is 0.469 e. The van der Waals surface area contributed by atoms with Crippen LogP contribution in [0, 0.1) is 6.92 Å². The number of hydrogen-bond donors (Lipinski definition) is 0. The quantitative estimate of drug-likeness (QED) is 0.656. The summed E-state index contributed by atoms with van der Waals surface area (Å²) in [4.78, 5) is 0. The Bertz CT molecular complexity index is 864. The summed E-state index contributed by atoms with van der Waals surface area (Å²) in [5, 5.41) is 10.4. The van der Waals surface area contributed by atoms with E-state index in [0.717, 1.165) is 40.8 Å². The van der Waals surface area contributed by atoms with Crippen molar-refractivity contribution in [3.05, 3.63) is 48.4 Å². The maximum atomic E-state index is 5.88. The fourth-order valence-corrected chi connectivity index (χ4v) is 4.96. The number of benzene rings is 1. The van der Waals surface area contributed by atoms with E-state index in [9.17, 15) is 0 Å². The summed E-state index contributed by atoms with van der Waals surface area (Å²) >= 11 is 1.80. The van der Waals surface area contributed by atoms with Crippen molar-refractivity contribution in [2.24, 2.45) is 0 Å². The molecule has 0 unspecified atom stereocenters. The molecule has 4 rings (SSSR count). The summed E-state index contributed by atoms with van der Waals surface area (Å²) in [7, 11) is 0. The van der Waals surface area contributed by atoms with Crippen LogP contribution in [0.4, 0.5) is 0 Å². The summed E-state index contributed by atoms with van der Waals surface area (Å²) in [5.74, 6) is 1.66. The van der Waals surface area contributed by atoms with Crippen LogP contribution < -0.4 is 0 Å². The van der Waals surface area contributed by atoms with Gasteiger partial charge in [-0.2, -0.15) is 0 Å². The molecule has 6 heteroatoms. The highest BCUT2D eigenvalue weighted by Crippen LogP contribution is 2.36. The van der Waals surface area contributed by atoms with Gasteiger partial charge in [0.1, 0.15) is 5.76 Å². The zero-order valence-electron chi connectivity index (χ0n) is 15.3. The van der Waals surface area contributed by atoms with Crippen molar-refractivity contribution < 1.29 is 9.15 Å². The van der Waals surface area contributed by atoms with E-state index in [1.54, 1.807) is 18.0 Å². The molecule has 26 heavy (non-hydrogen) atoms. The minimum Gasteiger partial charge on any atom is -0.469 e. The second-order valence-electron chi connectivity index (χ2n) is 6.84. The zero-order valence-corrected chi connectivity index (χ0v) is 16.1. The van der Waals surface area contributed by atoms with Crippen LogP contribution in [0.3, 0.4) is 0 Å². The van der Waals surface area contributed by atoms with E-state index in [-0.39, 0.29) is 12.2 Å². The molecule has 0 saturated carbocycles. The van der Waals surface area contributed by atoms with E-state index in [1.807, 2.05) is 31.2 Å². The fourth-order valence-electron chi connectivity index (χ4n) is 3.54. The topological polar surface area (TPSA) is 53.1 Å². The number of rotatable bonds is 4. The first-order valence-electron chi connectivity index (χ1n) is 8.99. The molecular weight excluding hydrogens is 346 g/mol. The van der Waals surface area contributed by atoms with Gasteiger partial charge in [0, 0.05) is 10.9 Å². The van der Waals surface area contributed by atoms with Gasteiger partial charge in [0.15, 0.2) is 11.0 Å². The summed E-state index contributed by atoms with van der Waals surface area (Å²) in [6.07, 6.45) is 4.30. The van der Waals surface area contributed by atoms with Gasteiger partial charge >= 0.3 is 0 Å². The molecular formula is C20H23N3O2S. The Balaban J connectivity index is 1.73. The SMILES string of the molecule is Cc1occc1-c1nnc(SC2C[C@@H](C)O[C@H](C)C2)n1-c1ccccc1. The van der Waals surface area contributed by atoms with Gasteiger partial charge in [0.05, 0.1) is 24.0 Å². The van der Waals surface area contributed by atoms with Gasteiger partial charge in [-0.1, -0.05) is 30.0 Å². The standard InChI is InChI=1S/C20H23N3O2S/c1-13-11-17(12-14(2)25-13)26-20-22-21-19(18-9-10-24-15(18)3)23(20)16-7-5-4-6-8-16/h4-10,13-14,17H,11-12H2,1-3H3/t13-,14-/m1/s1. The van der Waals surface area contributed by atoms with E-state index in [4.69, 9.17) is 9.15 Å². The molecule has 3 heterocycles. The van der Waals surface area contributed by atoms with Gasteiger partial charge < -0.3 is 9.15 Å². The lowest BCUT2D eigenvalue weighted by Gasteiger charge is -2.31. The highest BCUT2D eigenvalue weighted by atomic mass is 32.2. The third-order valence-electron chi connectivity index (χ3n) is 4.67. The van der Waals surface area contributed by atoms with Crippen LogP contribution in [0.2, 0.25) is 0 Å². The first-order chi connectivity index (χ1) is 12.6. The third kappa shape index (κ3) is 3.44. The predicted octanol–water partition coefficient (Wildman–Crippen LogP) is 4.88. The molecule has 2 aromatic heterocycles. The minimum atomic E-state index is 0.278. The molecule has 3 aromatic rings. The number of hydrogen-bond acceptors (Lipinski definition) is 5.